The number of benzene rings is 1. The van der Waals surface area contributed by atoms with Crippen molar-refractivity contribution in [3.63, 3.8) is 0 Å². The van der Waals surface area contributed by atoms with E-state index < -0.39 is 11.7 Å². The normalized spacial score (nSPS) is 10.2. The summed E-state index contributed by atoms with van der Waals surface area (Å²) < 4.78 is 4.65. The van der Waals surface area contributed by atoms with E-state index in [1.54, 1.807) is 6.07 Å². The van der Waals surface area contributed by atoms with Crippen molar-refractivity contribution in [3.05, 3.63) is 46.2 Å². The fraction of sp³-hybridized carbons (Fsp3) is 0.263. The van der Waals surface area contributed by atoms with E-state index in [1.807, 2.05) is 6.07 Å². The topological polar surface area (TPSA) is 133 Å². The van der Waals surface area contributed by atoms with Crippen LogP contribution in [0.5, 0.6) is 11.5 Å². The third kappa shape index (κ3) is 5.11. The van der Waals surface area contributed by atoms with Gasteiger partial charge in [-0.3, -0.25) is 4.79 Å². The lowest BCUT2D eigenvalue weighted by molar-refractivity contribution is -0.116. The highest BCUT2D eigenvalue weighted by Crippen LogP contribution is 2.37. The van der Waals surface area contributed by atoms with Gasteiger partial charge in [0.05, 0.1) is 24.0 Å². The number of anilines is 1. The molecule has 146 valence electrons. The highest BCUT2D eigenvalue weighted by atomic mass is 35.5. The lowest BCUT2D eigenvalue weighted by Gasteiger charge is -2.13. The smallest absolute Gasteiger partial charge is 0.341 e. The second kappa shape index (κ2) is 9.58. The van der Waals surface area contributed by atoms with Crippen molar-refractivity contribution in [2.75, 3.05) is 12.4 Å². The molecular formula is C19H18ClN3O5. The number of pyridine rings is 1. The van der Waals surface area contributed by atoms with Crippen LogP contribution < -0.4 is 5.32 Å². The Labute approximate surface area is 166 Å². The van der Waals surface area contributed by atoms with Crippen molar-refractivity contribution in [1.82, 2.24) is 4.98 Å². The predicted molar refractivity (Wildman–Crippen MR) is 101 cm³/mol. The van der Waals surface area contributed by atoms with Crippen LogP contribution in [0.25, 0.3) is 0 Å². The van der Waals surface area contributed by atoms with Crippen LogP contribution in [-0.4, -0.2) is 34.2 Å². The summed E-state index contributed by atoms with van der Waals surface area (Å²) in [7, 11) is 1.18. The van der Waals surface area contributed by atoms with Gasteiger partial charge < -0.3 is 20.3 Å². The Morgan fingerprint density at radius 3 is 2.64 bits per heavy atom. The van der Waals surface area contributed by atoms with Gasteiger partial charge in [0, 0.05) is 12.5 Å². The Morgan fingerprint density at radius 1 is 1.29 bits per heavy atom. The Balaban J connectivity index is 1.95. The van der Waals surface area contributed by atoms with Gasteiger partial charge in [0.25, 0.3) is 0 Å². The van der Waals surface area contributed by atoms with Gasteiger partial charge in [-0.2, -0.15) is 5.26 Å². The van der Waals surface area contributed by atoms with Crippen LogP contribution in [0.4, 0.5) is 5.69 Å². The van der Waals surface area contributed by atoms with Crippen molar-refractivity contribution in [1.29, 1.82) is 5.26 Å². The summed E-state index contributed by atoms with van der Waals surface area (Å²) in [5.74, 6) is -1.76. The zero-order valence-corrected chi connectivity index (χ0v) is 15.8. The molecule has 9 heteroatoms. The van der Waals surface area contributed by atoms with E-state index in [2.05, 4.69) is 15.0 Å². The number of aromatic nitrogens is 1. The highest BCUT2D eigenvalue weighted by Gasteiger charge is 2.22. The molecule has 0 saturated carbocycles. The zero-order valence-electron chi connectivity index (χ0n) is 15.0. The summed E-state index contributed by atoms with van der Waals surface area (Å²) in [6.45, 7) is 0. The molecule has 0 radical (unpaired) electrons. The van der Waals surface area contributed by atoms with Gasteiger partial charge in [0.2, 0.25) is 5.91 Å². The van der Waals surface area contributed by atoms with Crippen LogP contribution in [0.2, 0.25) is 5.02 Å². The molecule has 0 saturated heterocycles. The second-order valence-electron chi connectivity index (χ2n) is 5.87. The molecule has 0 unspecified atom stereocenters. The minimum Gasteiger partial charge on any atom is -0.507 e. The lowest BCUT2D eigenvalue weighted by atomic mass is 9.99. The number of phenolic OH excluding ortho intramolecular Hbond substituents is 2. The van der Waals surface area contributed by atoms with Crippen LogP contribution in [-0.2, 0) is 16.0 Å². The molecule has 0 aliphatic carbocycles. The first kappa shape index (κ1) is 21.0. The molecule has 0 bridgehead atoms. The number of nitrogens with one attached hydrogen (secondary N) is 1. The summed E-state index contributed by atoms with van der Waals surface area (Å²) in [6.07, 6.45) is 2.82. The fourth-order valence-electron chi connectivity index (χ4n) is 2.59. The zero-order chi connectivity index (χ0) is 20.7. The van der Waals surface area contributed by atoms with E-state index in [0.29, 0.717) is 18.5 Å². The number of hydrogen-bond donors (Lipinski definition) is 3. The maximum absolute atomic E-state index is 12.0. The number of nitriles is 1. The van der Waals surface area contributed by atoms with Gasteiger partial charge in [-0.05, 0) is 37.0 Å². The number of halogens is 1. The molecule has 0 aliphatic heterocycles. The number of esters is 1. The SMILES string of the molecule is COC(=O)c1c(O)cc(O)c(Cl)c1CCCCC(=O)Nc1ccc(C#N)nc1. The monoisotopic (exact) mass is 403 g/mol. The first-order chi connectivity index (χ1) is 13.4. The molecule has 2 aromatic rings. The quantitative estimate of drug-likeness (QED) is 0.477. The van der Waals surface area contributed by atoms with E-state index in [-0.39, 0.29) is 46.3 Å². The summed E-state index contributed by atoms with van der Waals surface area (Å²) in [6, 6.07) is 5.96. The number of amides is 1. The van der Waals surface area contributed by atoms with E-state index in [0.717, 1.165) is 6.07 Å². The van der Waals surface area contributed by atoms with Gasteiger partial charge in [-0.1, -0.05) is 11.6 Å². The number of aromatic hydroxyl groups is 2. The molecule has 3 N–H and O–H groups in total. The molecular weight excluding hydrogens is 386 g/mol. The first-order valence-corrected chi connectivity index (χ1v) is 8.72. The number of methoxy groups -OCH3 is 1. The van der Waals surface area contributed by atoms with E-state index >= 15 is 0 Å². The Hall–Kier alpha value is -3.31. The number of unbranched alkanes of at least 4 members (excludes halogenated alkanes) is 1. The molecule has 28 heavy (non-hydrogen) atoms. The highest BCUT2D eigenvalue weighted by molar-refractivity contribution is 6.33. The second-order valence-corrected chi connectivity index (χ2v) is 6.25. The fourth-order valence-corrected chi connectivity index (χ4v) is 2.84. The molecule has 0 atom stereocenters. The van der Waals surface area contributed by atoms with Crippen molar-refractivity contribution in [3.8, 4) is 17.6 Å². The van der Waals surface area contributed by atoms with Crippen LogP contribution in [0, 0.1) is 11.3 Å². The molecule has 1 heterocycles. The van der Waals surface area contributed by atoms with E-state index in [1.165, 1.54) is 19.4 Å². The minimum absolute atomic E-state index is 0.0358. The molecule has 1 aromatic carbocycles. The number of carbonyl (C=O) groups excluding carboxylic acids is 2. The maximum Gasteiger partial charge on any atom is 0.341 e. The van der Waals surface area contributed by atoms with Crippen molar-refractivity contribution < 1.29 is 24.5 Å². The summed E-state index contributed by atoms with van der Waals surface area (Å²) in [5.41, 5.74) is 0.907. The first-order valence-electron chi connectivity index (χ1n) is 8.35. The molecule has 8 nitrogen and oxygen atoms in total. The summed E-state index contributed by atoms with van der Waals surface area (Å²) in [4.78, 5) is 27.8. The Morgan fingerprint density at radius 2 is 2.04 bits per heavy atom. The lowest BCUT2D eigenvalue weighted by Crippen LogP contribution is -2.12. The average Bonchev–Trinajstić information content (AvgIpc) is 2.68. The van der Waals surface area contributed by atoms with Gasteiger partial charge in [0.15, 0.2) is 0 Å². The number of carbonyl (C=O) groups is 2. The van der Waals surface area contributed by atoms with Crippen LogP contribution in [0.1, 0.15) is 40.9 Å². The van der Waals surface area contributed by atoms with E-state index in [4.69, 9.17) is 16.9 Å². The molecule has 1 aromatic heterocycles. The van der Waals surface area contributed by atoms with E-state index in [9.17, 15) is 19.8 Å². The summed E-state index contributed by atoms with van der Waals surface area (Å²) in [5, 5.41) is 31.0. The van der Waals surface area contributed by atoms with Gasteiger partial charge in [-0.15, -0.1) is 0 Å². The van der Waals surface area contributed by atoms with Crippen molar-refractivity contribution >= 4 is 29.2 Å². The summed E-state index contributed by atoms with van der Waals surface area (Å²) >= 11 is 6.07. The maximum atomic E-state index is 12.0. The molecule has 2 rings (SSSR count). The third-order valence-corrected chi connectivity index (χ3v) is 4.37. The number of rotatable bonds is 7. The third-order valence-electron chi connectivity index (χ3n) is 3.95. The number of hydrogen-bond acceptors (Lipinski definition) is 7. The average molecular weight is 404 g/mol. The van der Waals surface area contributed by atoms with Gasteiger partial charge in [-0.25, -0.2) is 9.78 Å². The number of ether oxygens (including phenoxy) is 1. The molecule has 0 fully saturated rings. The Bertz CT molecular complexity index is 923. The Kier molecular flexibility index (Phi) is 7.18. The number of nitrogens with zero attached hydrogens (tertiary/aromatic N) is 2. The van der Waals surface area contributed by atoms with Crippen molar-refractivity contribution in [2.24, 2.45) is 0 Å². The van der Waals surface area contributed by atoms with Crippen molar-refractivity contribution in [2.45, 2.75) is 25.7 Å². The van der Waals surface area contributed by atoms with Gasteiger partial charge >= 0.3 is 5.97 Å². The van der Waals surface area contributed by atoms with Gasteiger partial charge in [0.1, 0.15) is 28.8 Å². The largest absolute Gasteiger partial charge is 0.507 e. The molecule has 0 spiro atoms. The molecule has 1 amide bonds. The number of phenols is 2. The predicted octanol–water partition coefficient (Wildman–Crippen LogP) is 3.16. The van der Waals surface area contributed by atoms with Crippen LogP contribution in [0.15, 0.2) is 24.4 Å². The minimum atomic E-state index is -0.763. The standard InChI is InChI=1S/C19H18ClN3O5/c1-28-19(27)17-13(18(20)15(25)8-14(17)24)4-2-3-5-16(26)23-12-7-6-11(9-21)22-10-12/h6-8,10,24-25H,2-5H2,1H3,(H,23,26). The van der Waals surface area contributed by atoms with Crippen LogP contribution >= 0.6 is 11.6 Å². The molecule has 0 aliphatic rings. The van der Waals surface area contributed by atoms with Crippen LogP contribution in [0.3, 0.4) is 0 Å².